The van der Waals surface area contributed by atoms with Crippen molar-refractivity contribution in [3.63, 3.8) is 0 Å². The van der Waals surface area contributed by atoms with Gasteiger partial charge in [0.1, 0.15) is 58.7 Å². The summed E-state index contributed by atoms with van der Waals surface area (Å²) in [5.74, 6) is -0.805. The van der Waals surface area contributed by atoms with E-state index in [2.05, 4.69) is 41.3 Å². The van der Waals surface area contributed by atoms with Crippen LogP contribution in [-0.2, 0) is 23.9 Å². The number of nitrogens with zero attached hydrogens (tertiary/aromatic N) is 4. The van der Waals surface area contributed by atoms with E-state index in [1.54, 1.807) is 12.1 Å². The van der Waals surface area contributed by atoms with Crippen molar-refractivity contribution in [1.82, 2.24) is 30.4 Å². The molecular formula is C47H62ClN7O9S. The number of ether oxygens (including phenoxy) is 4. The first-order valence-corrected chi connectivity index (χ1v) is 24.0. The number of rotatable bonds is 16. The topological polar surface area (TPSA) is 194 Å². The fraction of sp³-hybridized carbons (Fsp3) is 0.617. The predicted molar refractivity (Wildman–Crippen MR) is 247 cm³/mol. The highest BCUT2D eigenvalue weighted by molar-refractivity contribution is 7.14. The molecule has 18 heteroatoms. The Hall–Kier alpha value is -4.71. The SMILES string of the molecule is C=C[C@@H]1CC1(NC(=O)[C@@H]1C[C@@H](Oc2cc(-c3csc(NC(C)C)n3)nc3c(Cl)c(OCCN4CCOCC4(C)C)ccc23)CN1C(=O)[C@@H](NC(=O)O[C@@H]1C[C@@H]2C[C@@H]2C1)C(C)(C)C)C(=O)O. The molecule has 5 aliphatic rings. The average Bonchev–Trinajstić information content (AvgIpc) is 3.91. The van der Waals surface area contributed by atoms with E-state index in [9.17, 15) is 24.3 Å². The third-order valence-electron chi connectivity index (χ3n) is 13.5. The average molecular weight is 937 g/mol. The Morgan fingerprint density at radius 2 is 1.83 bits per heavy atom. The number of aliphatic carboxylic acids is 1. The number of nitrogens with one attached hydrogen (secondary N) is 3. The molecule has 4 heterocycles. The monoisotopic (exact) mass is 935 g/mol. The summed E-state index contributed by atoms with van der Waals surface area (Å²) in [6.45, 7) is 20.6. The zero-order valence-electron chi connectivity index (χ0n) is 38.3. The van der Waals surface area contributed by atoms with Crippen molar-refractivity contribution in [2.45, 2.75) is 122 Å². The minimum Gasteiger partial charge on any atom is -0.491 e. The minimum absolute atomic E-state index is 0.0172. The summed E-state index contributed by atoms with van der Waals surface area (Å²) in [6, 6.07) is 3.30. The highest BCUT2D eigenvalue weighted by Gasteiger charge is 2.61. The van der Waals surface area contributed by atoms with Gasteiger partial charge in [-0.3, -0.25) is 14.5 Å². The summed E-state index contributed by atoms with van der Waals surface area (Å²) in [5, 5.41) is 22.6. The highest BCUT2D eigenvalue weighted by atomic mass is 35.5. The van der Waals surface area contributed by atoms with Crippen LogP contribution in [0.25, 0.3) is 22.3 Å². The summed E-state index contributed by atoms with van der Waals surface area (Å²) in [4.78, 5) is 68.6. The number of carboxylic acid groups (broad SMARTS) is 1. The predicted octanol–water partition coefficient (Wildman–Crippen LogP) is 6.75. The molecule has 0 radical (unpaired) electrons. The van der Waals surface area contributed by atoms with Gasteiger partial charge in [-0.2, -0.15) is 0 Å². The molecular weight excluding hydrogens is 874 g/mol. The van der Waals surface area contributed by atoms with Crippen LogP contribution < -0.4 is 25.4 Å². The molecule has 1 aromatic carbocycles. The van der Waals surface area contributed by atoms with E-state index < -0.39 is 58.9 Å². The van der Waals surface area contributed by atoms with Crippen LogP contribution in [0.15, 0.2) is 36.2 Å². The molecule has 8 rings (SSSR count). The highest BCUT2D eigenvalue weighted by Crippen LogP contribution is 2.52. The van der Waals surface area contributed by atoms with E-state index in [1.807, 2.05) is 46.1 Å². The van der Waals surface area contributed by atoms with Crippen molar-refractivity contribution < 1.29 is 43.2 Å². The molecule has 3 saturated carbocycles. The maximum absolute atomic E-state index is 14.8. The number of pyridine rings is 1. The molecule has 2 aromatic heterocycles. The Bertz CT molecular complexity index is 2330. The second-order valence-electron chi connectivity index (χ2n) is 20.3. The molecule has 1 unspecified atom stereocenters. The van der Waals surface area contributed by atoms with Crippen molar-refractivity contribution in [2.24, 2.45) is 23.2 Å². The van der Waals surface area contributed by atoms with Crippen LogP contribution in [0.4, 0.5) is 9.93 Å². The molecule has 2 aliphatic heterocycles. The summed E-state index contributed by atoms with van der Waals surface area (Å²) >= 11 is 8.60. The standard InChI is InChI=1S/C47H62ClN7O9S/c1-9-28-21-47(28,42(58)59)53-40(56)34-19-30(22-55(34)41(57)39(45(4,5)6)52-44(60)64-29-17-26-16-27(26)18-29)63-36-20-32(33-23-65-43(51-33)49-25(2)3)50-38-31(36)10-11-35(37(38)48)62-15-13-54-12-14-61-24-46(54,7)8/h9-11,20,23,25-30,34,39H,1,12-19,21-22,24H2,2-8H3,(H,49,51)(H,52,60)(H,53,56)(H,58,59)/t26-,27+,28-,29+,30-,34+,39-,47?/m1/s1. The summed E-state index contributed by atoms with van der Waals surface area (Å²) in [6.07, 6.45) is 2.84. The van der Waals surface area contributed by atoms with Gasteiger partial charge in [0, 0.05) is 53.8 Å². The van der Waals surface area contributed by atoms with Gasteiger partial charge in [-0.25, -0.2) is 19.6 Å². The number of anilines is 1. The number of hydrogen-bond acceptors (Lipinski definition) is 13. The number of hydrogen-bond donors (Lipinski definition) is 4. The van der Waals surface area contributed by atoms with Gasteiger partial charge in [-0.15, -0.1) is 17.9 Å². The largest absolute Gasteiger partial charge is 0.491 e. The third-order valence-corrected chi connectivity index (χ3v) is 14.6. The van der Waals surface area contributed by atoms with Crippen molar-refractivity contribution in [1.29, 1.82) is 0 Å². The molecule has 3 aromatic rings. The van der Waals surface area contributed by atoms with Crippen molar-refractivity contribution in [3.8, 4) is 22.9 Å². The number of morpholine rings is 1. The van der Waals surface area contributed by atoms with Crippen LogP contribution in [0, 0.1) is 23.2 Å². The van der Waals surface area contributed by atoms with Gasteiger partial charge in [0.2, 0.25) is 11.8 Å². The Balaban J connectivity index is 1.09. The third kappa shape index (κ3) is 10.0. The molecule has 3 aliphatic carbocycles. The second kappa shape index (κ2) is 18.2. The Morgan fingerprint density at radius 1 is 1.08 bits per heavy atom. The van der Waals surface area contributed by atoms with Crippen molar-refractivity contribution in [3.05, 3.63) is 41.3 Å². The molecule has 352 valence electrons. The van der Waals surface area contributed by atoms with Gasteiger partial charge in [0.15, 0.2) is 5.13 Å². The number of aromatic nitrogens is 2. The Labute approximate surface area is 389 Å². The van der Waals surface area contributed by atoms with E-state index >= 15 is 0 Å². The fourth-order valence-corrected chi connectivity index (χ4v) is 10.7. The van der Waals surface area contributed by atoms with Crippen LogP contribution in [0.3, 0.4) is 0 Å². The van der Waals surface area contributed by atoms with Gasteiger partial charge in [0.05, 0.1) is 31.0 Å². The molecule has 0 bridgehead atoms. The maximum atomic E-state index is 14.8. The number of fused-ring (bicyclic) bond motifs is 2. The number of benzene rings is 1. The van der Waals surface area contributed by atoms with E-state index in [0.717, 1.165) is 25.8 Å². The Morgan fingerprint density at radius 3 is 2.49 bits per heavy atom. The minimum atomic E-state index is -1.54. The van der Waals surface area contributed by atoms with Crippen molar-refractivity contribution >= 4 is 62.8 Å². The first-order chi connectivity index (χ1) is 30.8. The van der Waals surface area contributed by atoms with Crippen molar-refractivity contribution in [2.75, 3.05) is 44.8 Å². The van der Waals surface area contributed by atoms with Gasteiger partial charge in [-0.1, -0.05) is 38.4 Å². The van der Waals surface area contributed by atoms with Crippen LogP contribution in [0.2, 0.25) is 5.02 Å². The zero-order chi connectivity index (χ0) is 46.6. The van der Waals surface area contributed by atoms with Gasteiger partial charge >= 0.3 is 12.1 Å². The van der Waals surface area contributed by atoms with Gasteiger partial charge in [0.25, 0.3) is 0 Å². The summed E-state index contributed by atoms with van der Waals surface area (Å²) in [7, 11) is 0. The second-order valence-corrected chi connectivity index (χ2v) is 21.5. The molecule has 8 atom stereocenters. The lowest BCUT2D eigenvalue weighted by molar-refractivity contribution is -0.146. The van der Waals surface area contributed by atoms with E-state index in [1.165, 1.54) is 22.3 Å². The number of carboxylic acids is 1. The van der Waals surface area contributed by atoms with E-state index in [-0.39, 0.29) is 42.1 Å². The summed E-state index contributed by atoms with van der Waals surface area (Å²) < 4.78 is 24.6. The number of amides is 3. The first-order valence-electron chi connectivity index (χ1n) is 22.7. The van der Waals surface area contributed by atoms with Crippen LogP contribution in [0.5, 0.6) is 11.5 Å². The van der Waals surface area contributed by atoms with Crippen LogP contribution >= 0.6 is 22.9 Å². The quantitative estimate of drug-likeness (QED) is 0.110. The van der Waals surface area contributed by atoms with Crippen LogP contribution in [0.1, 0.15) is 80.6 Å². The molecule has 2 saturated heterocycles. The molecule has 65 heavy (non-hydrogen) atoms. The molecule has 5 fully saturated rings. The van der Waals surface area contributed by atoms with E-state index in [4.69, 9.17) is 40.5 Å². The number of alkyl carbamates (subject to hydrolysis) is 1. The first kappa shape index (κ1) is 46.8. The zero-order valence-corrected chi connectivity index (χ0v) is 39.9. The lowest BCUT2D eigenvalue weighted by Crippen LogP contribution is -2.59. The fourth-order valence-electron chi connectivity index (χ4n) is 9.57. The number of thiazole rings is 1. The molecule has 4 N–H and O–H groups in total. The molecule has 16 nitrogen and oxygen atoms in total. The number of halogens is 1. The van der Waals surface area contributed by atoms with Gasteiger partial charge < -0.3 is 44.9 Å². The molecule has 3 amide bonds. The molecule has 0 spiro atoms. The Kier molecular flexibility index (Phi) is 13.1. The smallest absolute Gasteiger partial charge is 0.408 e. The summed E-state index contributed by atoms with van der Waals surface area (Å²) in [5.41, 5.74) is -0.994. The normalized spacial score (nSPS) is 27.4. The lowest BCUT2D eigenvalue weighted by atomic mass is 9.85. The number of likely N-dealkylation sites (tertiary alicyclic amines) is 1. The number of carbonyl (C=O) groups is 4. The van der Waals surface area contributed by atoms with E-state index in [0.29, 0.717) is 77.1 Å². The number of carbonyl (C=O) groups excluding carboxylic acids is 3. The maximum Gasteiger partial charge on any atom is 0.408 e. The van der Waals surface area contributed by atoms with Gasteiger partial charge in [-0.05, 0) is 82.8 Å². The van der Waals surface area contributed by atoms with Crippen LogP contribution in [-0.4, -0.2) is 130 Å². The lowest BCUT2D eigenvalue weighted by Gasteiger charge is -2.41.